The molecule has 1 N–H and O–H groups in total. The van der Waals surface area contributed by atoms with Gasteiger partial charge in [-0.05, 0) is 49.2 Å². The van der Waals surface area contributed by atoms with Crippen LogP contribution in [0.2, 0.25) is 0 Å². The lowest BCUT2D eigenvalue weighted by atomic mass is 10.1. The fourth-order valence-corrected chi connectivity index (χ4v) is 3.05. The van der Waals surface area contributed by atoms with Gasteiger partial charge in [0.2, 0.25) is 0 Å². The van der Waals surface area contributed by atoms with Crippen LogP contribution in [0.3, 0.4) is 0 Å². The number of nitrogens with one attached hydrogen (secondary N) is 1. The van der Waals surface area contributed by atoms with Crippen molar-refractivity contribution in [2.75, 3.05) is 13.2 Å². The van der Waals surface area contributed by atoms with Crippen LogP contribution in [-0.4, -0.2) is 34.7 Å². The number of para-hydroxylation sites is 2. The molecule has 4 rings (SSSR count). The molecule has 1 aliphatic rings. The highest BCUT2D eigenvalue weighted by Crippen LogP contribution is 2.18. The number of carbonyl (C=O) groups is 1. The SMILES string of the molecule is O=C(NC[C@H]1CCCO1)c1ccc(-n2cnc3ccccc32)cc1. The van der Waals surface area contributed by atoms with Gasteiger partial charge in [-0.3, -0.25) is 9.36 Å². The second-order valence-corrected chi connectivity index (χ2v) is 6.00. The minimum absolute atomic E-state index is 0.0625. The summed E-state index contributed by atoms with van der Waals surface area (Å²) in [7, 11) is 0. The molecule has 0 radical (unpaired) electrons. The van der Waals surface area contributed by atoms with Crippen LogP contribution in [0.4, 0.5) is 0 Å². The van der Waals surface area contributed by atoms with Gasteiger partial charge in [-0.1, -0.05) is 12.1 Å². The first-order chi connectivity index (χ1) is 11.8. The van der Waals surface area contributed by atoms with Gasteiger partial charge in [-0.2, -0.15) is 0 Å². The first-order valence-corrected chi connectivity index (χ1v) is 8.23. The first-order valence-electron chi connectivity index (χ1n) is 8.23. The number of imidazole rings is 1. The molecule has 1 aliphatic heterocycles. The van der Waals surface area contributed by atoms with Gasteiger partial charge in [-0.25, -0.2) is 4.98 Å². The largest absolute Gasteiger partial charge is 0.376 e. The smallest absolute Gasteiger partial charge is 0.251 e. The minimum atomic E-state index is -0.0625. The van der Waals surface area contributed by atoms with Gasteiger partial charge in [0, 0.05) is 24.4 Å². The van der Waals surface area contributed by atoms with Gasteiger partial charge < -0.3 is 10.1 Å². The van der Waals surface area contributed by atoms with E-state index in [2.05, 4.69) is 10.3 Å². The quantitative estimate of drug-likeness (QED) is 0.804. The molecule has 122 valence electrons. The maximum atomic E-state index is 12.2. The van der Waals surface area contributed by atoms with E-state index in [9.17, 15) is 4.79 Å². The standard InChI is InChI=1S/C19H19N3O2/c23-19(20-12-16-4-3-11-24-16)14-7-9-15(10-8-14)22-13-21-17-5-1-2-6-18(17)22/h1-2,5-10,13,16H,3-4,11-12H2,(H,20,23)/t16-/m1/s1. The average Bonchev–Trinajstić information content (AvgIpc) is 3.29. The van der Waals surface area contributed by atoms with E-state index in [0.717, 1.165) is 36.2 Å². The van der Waals surface area contributed by atoms with Crippen LogP contribution in [-0.2, 0) is 4.74 Å². The van der Waals surface area contributed by atoms with Crippen LogP contribution in [0.5, 0.6) is 0 Å². The number of hydrogen-bond acceptors (Lipinski definition) is 3. The van der Waals surface area contributed by atoms with Gasteiger partial charge in [0.1, 0.15) is 6.33 Å². The van der Waals surface area contributed by atoms with Crippen molar-refractivity contribution in [2.24, 2.45) is 0 Å². The Bertz CT molecular complexity index is 848. The monoisotopic (exact) mass is 321 g/mol. The molecule has 1 fully saturated rings. The number of amides is 1. The molecule has 2 heterocycles. The van der Waals surface area contributed by atoms with E-state index in [1.807, 2.05) is 53.1 Å². The van der Waals surface area contributed by atoms with Crippen LogP contribution < -0.4 is 5.32 Å². The Morgan fingerprint density at radius 3 is 2.83 bits per heavy atom. The number of carbonyl (C=O) groups excluding carboxylic acids is 1. The molecule has 5 nitrogen and oxygen atoms in total. The van der Waals surface area contributed by atoms with E-state index in [1.54, 1.807) is 6.33 Å². The molecule has 0 bridgehead atoms. The van der Waals surface area contributed by atoms with E-state index < -0.39 is 0 Å². The molecule has 3 aromatic rings. The summed E-state index contributed by atoms with van der Waals surface area (Å²) < 4.78 is 7.54. The Kier molecular flexibility index (Phi) is 4.01. The van der Waals surface area contributed by atoms with Crippen LogP contribution in [0.25, 0.3) is 16.7 Å². The molecule has 1 amide bonds. The number of benzene rings is 2. The molecular weight excluding hydrogens is 302 g/mol. The lowest BCUT2D eigenvalue weighted by Gasteiger charge is -2.11. The van der Waals surface area contributed by atoms with Crippen LogP contribution >= 0.6 is 0 Å². The molecule has 0 spiro atoms. The summed E-state index contributed by atoms with van der Waals surface area (Å²) in [6.07, 6.45) is 4.06. The number of ether oxygens (including phenoxy) is 1. The third kappa shape index (κ3) is 2.90. The highest BCUT2D eigenvalue weighted by Gasteiger charge is 2.16. The Morgan fingerprint density at radius 2 is 2.04 bits per heavy atom. The molecule has 0 aliphatic carbocycles. The molecule has 2 aromatic carbocycles. The van der Waals surface area contributed by atoms with E-state index >= 15 is 0 Å². The predicted molar refractivity (Wildman–Crippen MR) is 92.4 cm³/mol. The molecular formula is C19H19N3O2. The first kappa shape index (κ1) is 14.9. The number of rotatable bonds is 4. The molecule has 1 aromatic heterocycles. The Hall–Kier alpha value is -2.66. The van der Waals surface area contributed by atoms with Gasteiger partial charge >= 0.3 is 0 Å². The minimum Gasteiger partial charge on any atom is -0.376 e. The lowest BCUT2D eigenvalue weighted by Crippen LogP contribution is -2.31. The molecule has 5 heteroatoms. The van der Waals surface area contributed by atoms with Crippen molar-refractivity contribution >= 4 is 16.9 Å². The van der Waals surface area contributed by atoms with Crippen molar-refractivity contribution in [3.8, 4) is 5.69 Å². The average molecular weight is 321 g/mol. The second-order valence-electron chi connectivity index (χ2n) is 6.00. The van der Waals surface area contributed by atoms with Crippen LogP contribution in [0.15, 0.2) is 54.9 Å². The topological polar surface area (TPSA) is 56.1 Å². The van der Waals surface area contributed by atoms with E-state index in [-0.39, 0.29) is 12.0 Å². The molecule has 1 saturated heterocycles. The summed E-state index contributed by atoms with van der Waals surface area (Å²) in [5.74, 6) is -0.0625. The van der Waals surface area contributed by atoms with Crippen molar-refractivity contribution in [2.45, 2.75) is 18.9 Å². The second kappa shape index (κ2) is 6.45. The van der Waals surface area contributed by atoms with E-state index in [4.69, 9.17) is 4.74 Å². The highest BCUT2D eigenvalue weighted by molar-refractivity contribution is 5.94. The molecule has 1 atom stereocenters. The van der Waals surface area contributed by atoms with Crippen molar-refractivity contribution < 1.29 is 9.53 Å². The maximum Gasteiger partial charge on any atom is 0.251 e. The Morgan fingerprint density at radius 1 is 1.21 bits per heavy atom. The van der Waals surface area contributed by atoms with Crippen LogP contribution in [0, 0.1) is 0 Å². The number of aromatic nitrogens is 2. The fraction of sp³-hybridized carbons (Fsp3) is 0.263. The molecule has 0 unspecified atom stereocenters. The summed E-state index contributed by atoms with van der Waals surface area (Å²) in [6.45, 7) is 1.38. The molecule has 24 heavy (non-hydrogen) atoms. The van der Waals surface area contributed by atoms with Crippen LogP contribution in [0.1, 0.15) is 23.2 Å². The number of hydrogen-bond donors (Lipinski definition) is 1. The van der Waals surface area contributed by atoms with E-state index in [0.29, 0.717) is 12.1 Å². The Labute approximate surface area is 140 Å². The van der Waals surface area contributed by atoms with Crippen molar-refractivity contribution in [1.82, 2.24) is 14.9 Å². The third-order valence-electron chi connectivity index (χ3n) is 4.38. The van der Waals surface area contributed by atoms with Gasteiger partial charge in [0.15, 0.2) is 0 Å². The number of nitrogens with zero attached hydrogens (tertiary/aromatic N) is 2. The van der Waals surface area contributed by atoms with E-state index in [1.165, 1.54) is 0 Å². The van der Waals surface area contributed by atoms with Gasteiger partial charge in [0.25, 0.3) is 5.91 Å². The summed E-state index contributed by atoms with van der Waals surface area (Å²) in [5.41, 5.74) is 3.64. The molecule has 0 saturated carbocycles. The normalized spacial score (nSPS) is 17.2. The van der Waals surface area contributed by atoms with Gasteiger partial charge in [-0.15, -0.1) is 0 Å². The van der Waals surface area contributed by atoms with Crippen molar-refractivity contribution in [3.05, 3.63) is 60.4 Å². The zero-order valence-corrected chi connectivity index (χ0v) is 13.3. The highest BCUT2D eigenvalue weighted by atomic mass is 16.5. The van der Waals surface area contributed by atoms with Gasteiger partial charge in [0.05, 0.1) is 17.1 Å². The van der Waals surface area contributed by atoms with Crippen molar-refractivity contribution in [3.63, 3.8) is 0 Å². The summed E-state index contributed by atoms with van der Waals surface area (Å²) in [6, 6.07) is 15.5. The zero-order chi connectivity index (χ0) is 16.4. The summed E-state index contributed by atoms with van der Waals surface area (Å²) in [5, 5.41) is 2.94. The Balaban J connectivity index is 1.49. The zero-order valence-electron chi connectivity index (χ0n) is 13.3. The summed E-state index contributed by atoms with van der Waals surface area (Å²) in [4.78, 5) is 16.6. The fourth-order valence-electron chi connectivity index (χ4n) is 3.05. The predicted octanol–water partition coefficient (Wildman–Crippen LogP) is 2.93. The maximum absolute atomic E-state index is 12.2. The third-order valence-corrected chi connectivity index (χ3v) is 4.38. The number of fused-ring (bicyclic) bond motifs is 1. The lowest BCUT2D eigenvalue weighted by molar-refractivity contribution is 0.0858. The van der Waals surface area contributed by atoms with Crippen molar-refractivity contribution in [1.29, 1.82) is 0 Å². The summed E-state index contributed by atoms with van der Waals surface area (Å²) >= 11 is 0.